The molecule has 7 heteroatoms. The molecule has 1 aromatic carbocycles. The summed E-state index contributed by atoms with van der Waals surface area (Å²) in [6, 6.07) is 8.73. The van der Waals surface area contributed by atoms with Gasteiger partial charge in [0.1, 0.15) is 6.54 Å². The van der Waals surface area contributed by atoms with Crippen LogP contribution in [0.1, 0.15) is 17.4 Å². The van der Waals surface area contributed by atoms with Gasteiger partial charge >= 0.3 is 5.97 Å². The van der Waals surface area contributed by atoms with E-state index >= 15 is 0 Å². The van der Waals surface area contributed by atoms with Crippen molar-refractivity contribution in [2.75, 3.05) is 18.9 Å². The molecule has 0 fully saturated rings. The van der Waals surface area contributed by atoms with Gasteiger partial charge in [-0.2, -0.15) is 5.10 Å². The van der Waals surface area contributed by atoms with E-state index in [1.165, 1.54) is 4.68 Å². The number of carbonyl (C=O) groups excluding carboxylic acids is 2. The smallest absolute Gasteiger partial charge is 0.325 e. The van der Waals surface area contributed by atoms with Gasteiger partial charge in [0.15, 0.2) is 5.69 Å². The van der Waals surface area contributed by atoms with Crippen LogP contribution < -0.4 is 11.1 Å². The number of amides is 1. The number of ether oxygens (including phenoxy) is 1. The van der Waals surface area contributed by atoms with Crippen molar-refractivity contribution in [3.05, 3.63) is 42.2 Å². The number of aromatic nitrogens is 2. The Morgan fingerprint density at radius 1 is 1.33 bits per heavy atom. The van der Waals surface area contributed by atoms with Gasteiger partial charge in [0.2, 0.25) is 0 Å². The highest BCUT2D eigenvalue weighted by Gasteiger charge is 2.12. The Labute approximate surface area is 121 Å². The van der Waals surface area contributed by atoms with Gasteiger partial charge in [0.25, 0.3) is 5.91 Å². The van der Waals surface area contributed by atoms with E-state index in [9.17, 15) is 9.59 Å². The summed E-state index contributed by atoms with van der Waals surface area (Å²) in [4.78, 5) is 23.0. The highest BCUT2D eigenvalue weighted by Crippen LogP contribution is 2.15. The van der Waals surface area contributed by atoms with E-state index in [0.29, 0.717) is 11.4 Å². The lowest BCUT2D eigenvalue weighted by molar-refractivity contribution is -0.141. The highest BCUT2D eigenvalue weighted by molar-refractivity contribution is 5.94. The number of esters is 1. The first-order chi connectivity index (χ1) is 10.1. The van der Waals surface area contributed by atoms with E-state index in [-0.39, 0.29) is 18.8 Å². The van der Waals surface area contributed by atoms with Crippen LogP contribution in [0.4, 0.5) is 5.69 Å². The van der Waals surface area contributed by atoms with Crippen molar-refractivity contribution >= 4 is 17.6 Å². The average Bonchev–Trinajstić information content (AvgIpc) is 2.95. The third kappa shape index (κ3) is 3.59. The maximum atomic E-state index is 11.9. The number of rotatable bonds is 5. The Hall–Kier alpha value is -2.83. The average molecular weight is 288 g/mol. The molecular weight excluding hydrogens is 272 g/mol. The molecular formula is C14H16N4O3. The molecule has 110 valence electrons. The Balaban J connectivity index is 2.05. The second-order valence-corrected chi connectivity index (χ2v) is 4.19. The molecule has 0 saturated heterocycles. The first-order valence-electron chi connectivity index (χ1n) is 6.46. The molecule has 3 N–H and O–H groups in total. The van der Waals surface area contributed by atoms with E-state index in [0.717, 1.165) is 0 Å². The molecule has 2 rings (SSSR count). The van der Waals surface area contributed by atoms with Gasteiger partial charge in [-0.25, -0.2) is 4.68 Å². The van der Waals surface area contributed by atoms with Crippen LogP contribution >= 0.6 is 0 Å². The maximum absolute atomic E-state index is 11.9. The summed E-state index contributed by atoms with van der Waals surface area (Å²) in [6.07, 6.45) is 1.63. The van der Waals surface area contributed by atoms with E-state index in [4.69, 9.17) is 10.5 Å². The van der Waals surface area contributed by atoms with Crippen LogP contribution in [0.15, 0.2) is 36.5 Å². The van der Waals surface area contributed by atoms with Crippen LogP contribution in [0, 0.1) is 0 Å². The molecule has 0 unspecified atom stereocenters. The second-order valence-electron chi connectivity index (χ2n) is 4.19. The van der Waals surface area contributed by atoms with E-state index in [1.807, 2.05) is 12.1 Å². The topological polar surface area (TPSA) is 99.2 Å². The van der Waals surface area contributed by atoms with Gasteiger partial charge in [-0.1, -0.05) is 12.1 Å². The molecule has 2 aromatic rings. The van der Waals surface area contributed by atoms with Crippen molar-refractivity contribution in [3.8, 4) is 5.69 Å². The molecule has 0 atom stereocenters. The number of nitrogen functional groups attached to an aromatic ring is 1. The fraction of sp³-hybridized carbons (Fsp3) is 0.214. The number of nitrogens with zero attached hydrogens (tertiary/aromatic N) is 2. The van der Waals surface area contributed by atoms with Gasteiger partial charge in [0, 0.05) is 6.20 Å². The molecule has 0 spiro atoms. The van der Waals surface area contributed by atoms with Crippen molar-refractivity contribution in [1.82, 2.24) is 15.1 Å². The highest BCUT2D eigenvalue weighted by atomic mass is 16.5. The number of hydrogen-bond donors (Lipinski definition) is 2. The van der Waals surface area contributed by atoms with Crippen LogP contribution in [-0.2, 0) is 9.53 Å². The minimum absolute atomic E-state index is 0.187. The van der Waals surface area contributed by atoms with Crippen LogP contribution in [0.3, 0.4) is 0 Å². The number of nitrogens with two attached hydrogens (primary N) is 1. The third-order valence-electron chi connectivity index (χ3n) is 2.70. The monoisotopic (exact) mass is 288 g/mol. The molecule has 0 aliphatic carbocycles. The van der Waals surface area contributed by atoms with Crippen LogP contribution in [0.5, 0.6) is 0 Å². The Bertz CT molecular complexity index is 651. The molecule has 0 saturated carbocycles. The molecule has 1 heterocycles. The minimum Gasteiger partial charge on any atom is -0.465 e. The van der Waals surface area contributed by atoms with E-state index in [2.05, 4.69) is 10.4 Å². The van der Waals surface area contributed by atoms with E-state index in [1.54, 1.807) is 31.3 Å². The summed E-state index contributed by atoms with van der Waals surface area (Å²) in [5.41, 5.74) is 7.28. The molecule has 7 nitrogen and oxygen atoms in total. The largest absolute Gasteiger partial charge is 0.465 e. The van der Waals surface area contributed by atoms with Crippen molar-refractivity contribution in [1.29, 1.82) is 0 Å². The molecule has 0 aliphatic rings. The van der Waals surface area contributed by atoms with Crippen LogP contribution in [0.2, 0.25) is 0 Å². The zero-order chi connectivity index (χ0) is 15.2. The Kier molecular flexibility index (Phi) is 4.55. The van der Waals surface area contributed by atoms with Crippen molar-refractivity contribution < 1.29 is 14.3 Å². The number of para-hydroxylation sites is 2. The molecule has 0 radical (unpaired) electrons. The van der Waals surface area contributed by atoms with Gasteiger partial charge in [-0.3, -0.25) is 9.59 Å². The molecule has 1 amide bonds. The quantitative estimate of drug-likeness (QED) is 0.624. The summed E-state index contributed by atoms with van der Waals surface area (Å²) in [7, 11) is 0. The number of benzene rings is 1. The first kappa shape index (κ1) is 14.6. The predicted molar refractivity (Wildman–Crippen MR) is 76.9 cm³/mol. The zero-order valence-electron chi connectivity index (χ0n) is 11.6. The minimum atomic E-state index is -0.488. The van der Waals surface area contributed by atoms with Crippen LogP contribution in [-0.4, -0.2) is 34.8 Å². The lowest BCUT2D eigenvalue weighted by Gasteiger charge is -2.05. The molecule has 0 bridgehead atoms. The molecule has 0 aliphatic heterocycles. The summed E-state index contributed by atoms with van der Waals surface area (Å²) in [5.74, 6) is -0.936. The maximum Gasteiger partial charge on any atom is 0.325 e. The van der Waals surface area contributed by atoms with Gasteiger partial charge in [0.05, 0.1) is 18.0 Å². The number of anilines is 1. The van der Waals surface area contributed by atoms with Gasteiger partial charge in [-0.05, 0) is 25.1 Å². The number of nitrogens with one attached hydrogen (secondary N) is 1. The fourth-order valence-electron chi connectivity index (χ4n) is 1.73. The summed E-state index contributed by atoms with van der Waals surface area (Å²) in [5, 5.41) is 6.58. The second kappa shape index (κ2) is 6.56. The summed E-state index contributed by atoms with van der Waals surface area (Å²) in [6.45, 7) is 1.79. The first-order valence-corrected chi connectivity index (χ1v) is 6.46. The van der Waals surface area contributed by atoms with Crippen molar-refractivity contribution in [2.45, 2.75) is 6.92 Å². The standard InChI is InChI=1S/C14H16N4O3/c1-2-21-13(19)9-16-14(20)11-7-8-18(17-11)12-6-4-3-5-10(12)15/h3-8H,2,9,15H2,1H3,(H,16,20). The van der Waals surface area contributed by atoms with Gasteiger partial charge < -0.3 is 15.8 Å². The molecule has 21 heavy (non-hydrogen) atoms. The summed E-state index contributed by atoms with van der Waals surface area (Å²) < 4.78 is 6.23. The SMILES string of the molecule is CCOC(=O)CNC(=O)c1ccn(-c2ccccc2N)n1. The van der Waals surface area contributed by atoms with E-state index < -0.39 is 11.9 Å². The Morgan fingerprint density at radius 2 is 2.10 bits per heavy atom. The predicted octanol–water partition coefficient (Wildman–Crippen LogP) is 0.747. The number of carbonyl (C=O) groups is 2. The number of hydrogen-bond acceptors (Lipinski definition) is 5. The normalized spacial score (nSPS) is 10.1. The lowest BCUT2D eigenvalue weighted by Crippen LogP contribution is -2.31. The van der Waals surface area contributed by atoms with Crippen LogP contribution in [0.25, 0.3) is 5.69 Å². The Morgan fingerprint density at radius 3 is 2.81 bits per heavy atom. The van der Waals surface area contributed by atoms with Crippen molar-refractivity contribution in [2.24, 2.45) is 0 Å². The molecule has 1 aromatic heterocycles. The fourth-order valence-corrected chi connectivity index (χ4v) is 1.73. The third-order valence-corrected chi connectivity index (χ3v) is 2.70. The zero-order valence-corrected chi connectivity index (χ0v) is 11.6. The van der Waals surface area contributed by atoms with Crippen molar-refractivity contribution in [3.63, 3.8) is 0 Å². The lowest BCUT2D eigenvalue weighted by atomic mass is 10.3. The van der Waals surface area contributed by atoms with Gasteiger partial charge in [-0.15, -0.1) is 0 Å². The summed E-state index contributed by atoms with van der Waals surface area (Å²) >= 11 is 0.